The first-order valence-corrected chi connectivity index (χ1v) is 8.93. The standard InChI is InChI=1S/C21H34N2/c1-10-15(7)18-12-19(16(8)11-2)21(23-14(5)6)17(9)20(18)22-13(3)4/h12,15-16H,10-11H2,1-9H3. The molecular weight excluding hydrogens is 280 g/mol. The fourth-order valence-electron chi connectivity index (χ4n) is 2.78. The van der Waals surface area contributed by atoms with Crippen molar-refractivity contribution in [3.63, 3.8) is 0 Å². The molecule has 2 unspecified atom stereocenters. The molecule has 0 saturated heterocycles. The maximum Gasteiger partial charge on any atom is 0.0714 e. The van der Waals surface area contributed by atoms with E-state index >= 15 is 0 Å². The maximum atomic E-state index is 4.87. The summed E-state index contributed by atoms with van der Waals surface area (Å²) in [5, 5.41) is 0. The predicted molar refractivity (Wildman–Crippen MR) is 105 cm³/mol. The van der Waals surface area contributed by atoms with Crippen LogP contribution in [0, 0.1) is 6.92 Å². The first kappa shape index (κ1) is 19.6. The van der Waals surface area contributed by atoms with E-state index in [1.165, 1.54) is 16.7 Å². The Bertz CT molecular complexity index is 551. The molecule has 0 heterocycles. The Labute approximate surface area is 143 Å². The second kappa shape index (κ2) is 8.42. The van der Waals surface area contributed by atoms with Gasteiger partial charge in [-0.2, -0.15) is 0 Å². The van der Waals surface area contributed by atoms with Crippen molar-refractivity contribution in [2.24, 2.45) is 9.98 Å². The van der Waals surface area contributed by atoms with E-state index in [0.29, 0.717) is 11.8 Å². The van der Waals surface area contributed by atoms with Crippen LogP contribution >= 0.6 is 0 Å². The van der Waals surface area contributed by atoms with E-state index in [1.807, 2.05) is 0 Å². The molecule has 128 valence electrons. The van der Waals surface area contributed by atoms with Gasteiger partial charge in [-0.3, -0.25) is 9.98 Å². The van der Waals surface area contributed by atoms with Gasteiger partial charge in [0.05, 0.1) is 11.4 Å². The SMILES string of the molecule is CCC(C)c1cc(C(C)CC)c(N=C(C)C)c(C)c1N=C(C)C. The van der Waals surface area contributed by atoms with Crippen molar-refractivity contribution < 1.29 is 0 Å². The molecule has 0 aliphatic rings. The number of aliphatic imine (C=N–C) groups is 2. The zero-order valence-electron chi connectivity index (χ0n) is 16.5. The minimum Gasteiger partial charge on any atom is -0.258 e. The van der Waals surface area contributed by atoms with Gasteiger partial charge in [0, 0.05) is 17.0 Å². The summed E-state index contributed by atoms with van der Waals surface area (Å²) < 4.78 is 0. The Hall–Kier alpha value is -1.44. The van der Waals surface area contributed by atoms with Crippen molar-refractivity contribution in [3.05, 3.63) is 22.8 Å². The van der Waals surface area contributed by atoms with Crippen LogP contribution in [-0.2, 0) is 0 Å². The minimum atomic E-state index is 0.510. The number of nitrogens with zero attached hydrogens (tertiary/aromatic N) is 2. The summed E-state index contributed by atoms with van der Waals surface area (Å²) in [5.74, 6) is 1.02. The normalized spacial score (nSPS) is 13.4. The third-order valence-electron chi connectivity index (χ3n) is 4.53. The van der Waals surface area contributed by atoms with Gasteiger partial charge in [0.15, 0.2) is 0 Å². The van der Waals surface area contributed by atoms with Crippen LogP contribution in [0.3, 0.4) is 0 Å². The lowest BCUT2D eigenvalue weighted by Crippen LogP contribution is -2.02. The van der Waals surface area contributed by atoms with Crippen LogP contribution < -0.4 is 0 Å². The van der Waals surface area contributed by atoms with E-state index < -0.39 is 0 Å². The summed E-state index contributed by atoms with van der Waals surface area (Å²) in [7, 11) is 0. The highest BCUT2D eigenvalue weighted by atomic mass is 14.8. The second-order valence-electron chi connectivity index (χ2n) is 7.11. The smallest absolute Gasteiger partial charge is 0.0714 e. The Balaban J connectivity index is 3.82. The van der Waals surface area contributed by atoms with Crippen molar-refractivity contribution in [3.8, 4) is 0 Å². The fourth-order valence-corrected chi connectivity index (χ4v) is 2.78. The van der Waals surface area contributed by atoms with Crippen molar-refractivity contribution in [2.45, 2.75) is 87.0 Å². The van der Waals surface area contributed by atoms with Gasteiger partial charge in [-0.1, -0.05) is 33.8 Å². The van der Waals surface area contributed by atoms with E-state index in [-0.39, 0.29) is 0 Å². The van der Waals surface area contributed by atoms with Crippen molar-refractivity contribution in [1.29, 1.82) is 0 Å². The second-order valence-corrected chi connectivity index (χ2v) is 7.11. The molecule has 0 aliphatic carbocycles. The summed E-state index contributed by atoms with van der Waals surface area (Å²) in [6, 6.07) is 2.37. The maximum absolute atomic E-state index is 4.87. The van der Waals surface area contributed by atoms with E-state index in [9.17, 15) is 0 Å². The summed E-state index contributed by atoms with van der Waals surface area (Å²) >= 11 is 0. The molecule has 2 heteroatoms. The van der Waals surface area contributed by atoms with Gasteiger partial charge < -0.3 is 0 Å². The molecule has 23 heavy (non-hydrogen) atoms. The number of hydrogen-bond acceptors (Lipinski definition) is 2. The van der Waals surface area contributed by atoms with Gasteiger partial charge in [0.1, 0.15) is 0 Å². The van der Waals surface area contributed by atoms with Crippen LogP contribution in [0.4, 0.5) is 11.4 Å². The van der Waals surface area contributed by atoms with E-state index in [2.05, 4.69) is 68.4 Å². The van der Waals surface area contributed by atoms with Gasteiger partial charge in [-0.15, -0.1) is 0 Å². The van der Waals surface area contributed by atoms with E-state index in [0.717, 1.165) is 35.6 Å². The average Bonchev–Trinajstić information content (AvgIpc) is 2.49. The number of benzene rings is 1. The summed E-state index contributed by atoms with van der Waals surface area (Å²) in [5.41, 5.74) is 8.41. The van der Waals surface area contributed by atoms with Gasteiger partial charge in [-0.25, -0.2) is 0 Å². The molecule has 2 nitrogen and oxygen atoms in total. The largest absolute Gasteiger partial charge is 0.258 e. The van der Waals surface area contributed by atoms with Crippen LogP contribution in [0.1, 0.15) is 96.8 Å². The molecule has 0 radical (unpaired) electrons. The monoisotopic (exact) mass is 314 g/mol. The Kier molecular flexibility index (Phi) is 7.18. The molecule has 0 bridgehead atoms. The molecule has 1 aromatic carbocycles. The lowest BCUT2D eigenvalue weighted by atomic mass is 9.86. The summed E-state index contributed by atoms with van der Waals surface area (Å²) in [6.07, 6.45) is 2.25. The molecule has 0 aromatic heterocycles. The highest BCUT2D eigenvalue weighted by Gasteiger charge is 2.20. The zero-order chi connectivity index (χ0) is 17.7. The van der Waals surface area contributed by atoms with Gasteiger partial charge >= 0.3 is 0 Å². The average molecular weight is 315 g/mol. The van der Waals surface area contributed by atoms with E-state index in [1.54, 1.807) is 0 Å². The Morgan fingerprint density at radius 3 is 1.43 bits per heavy atom. The Morgan fingerprint density at radius 1 is 0.826 bits per heavy atom. The van der Waals surface area contributed by atoms with Crippen LogP contribution in [-0.4, -0.2) is 11.4 Å². The molecule has 1 aromatic rings. The van der Waals surface area contributed by atoms with Crippen molar-refractivity contribution in [2.75, 3.05) is 0 Å². The molecule has 0 N–H and O–H groups in total. The lowest BCUT2D eigenvalue weighted by molar-refractivity contribution is 0.711. The first-order valence-electron chi connectivity index (χ1n) is 8.93. The molecule has 0 fully saturated rings. The van der Waals surface area contributed by atoms with Gasteiger partial charge in [0.25, 0.3) is 0 Å². The van der Waals surface area contributed by atoms with E-state index in [4.69, 9.17) is 9.98 Å². The fraction of sp³-hybridized carbons (Fsp3) is 0.619. The van der Waals surface area contributed by atoms with Crippen LogP contribution in [0.25, 0.3) is 0 Å². The zero-order valence-corrected chi connectivity index (χ0v) is 16.5. The summed E-state index contributed by atoms with van der Waals surface area (Å²) in [4.78, 5) is 9.74. The van der Waals surface area contributed by atoms with Crippen LogP contribution in [0.5, 0.6) is 0 Å². The third kappa shape index (κ3) is 4.76. The van der Waals surface area contributed by atoms with Crippen LogP contribution in [0.15, 0.2) is 16.1 Å². The lowest BCUT2D eigenvalue weighted by Gasteiger charge is -2.22. The topological polar surface area (TPSA) is 24.7 Å². The molecule has 0 amide bonds. The molecule has 0 spiro atoms. The van der Waals surface area contributed by atoms with Crippen LogP contribution in [0.2, 0.25) is 0 Å². The predicted octanol–water partition coefficient (Wildman–Crippen LogP) is 7.25. The first-order chi connectivity index (χ1) is 10.7. The summed E-state index contributed by atoms with van der Waals surface area (Å²) in [6.45, 7) is 19.5. The molecule has 0 aliphatic heterocycles. The molecule has 1 rings (SSSR count). The third-order valence-corrected chi connectivity index (χ3v) is 4.53. The van der Waals surface area contributed by atoms with Crippen molar-refractivity contribution >= 4 is 22.8 Å². The minimum absolute atomic E-state index is 0.510. The molecule has 0 saturated carbocycles. The molecular formula is C21H34N2. The highest BCUT2D eigenvalue weighted by molar-refractivity contribution is 5.87. The number of rotatable bonds is 6. The Morgan fingerprint density at radius 2 is 1.17 bits per heavy atom. The van der Waals surface area contributed by atoms with Crippen molar-refractivity contribution in [1.82, 2.24) is 0 Å². The number of hydrogen-bond donors (Lipinski definition) is 0. The quantitative estimate of drug-likeness (QED) is 0.494. The highest BCUT2D eigenvalue weighted by Crippen LogP contribution is 2.43. The van der Waals surface area contributed by atoms with Gasteiger partial charge in [-0.05, 0) is 70.4 Å². The van der Waals surface area contributed by atoms with Gasteiger partial charge in [0.2, 0.25) is 0 Å². The molecule has 2 atom stereocenters.